The summed E-state index contributed by atoms with van der Waals surface area (Å²) in [7, 11) is 3.15. The Balaban J connectivity index is 1.52. The zero-order valence-electron chi connectivity index (χ0n) is 18.8. The highest BCUT2D eigenvalue weighted by atomic mass is 32.2. The van der Waals surface area contributed by atoms with Gasteiger partial charge in [-0.25, -0.2) is 4.99 Å². The van der Waals surface area contributed by atoms with Crippen LogP contribution in [-0.4, -0.2) is 36.6 Å². The van der Waals surface area contributed by atoms with E-state index in [1.54, 1.807) is 32.4 Å². The second kappa shape index (κ2) is 10.4. The fourth-order valence-electron chi connectivity index (χ4n) is 3.40. The van der Waals surface area contributed by atoms with Crippen LogP contribution < -0.4 is 14.8 Å². The second-order valence-corrected chi connectivity index (χ2v) is 8.55. The van der Waals surface area contributed by atoms with E-state index in [0.717, 1.165) is 27.7 Å². The minimum atomic E-state index is -0.152. The molecule has 0 aromatic heterocycles. The van der Waals surface area contributed by atoms with Crippen molar-refractivity contribution in [3.63, 3.8) is 0 Å². The number of nitrogens with one attached hydrogen (secondary N) is 1. The molecule has 6 nitrogen and oxygen atoms in total. The summed E-state index contributed by atoms with van der Waals surface area (Å²) in [5.41, 5.74) is 5.38. The molecular formula is C26H25N3O3S. The standard InChI is InChI=1S/C26H25N3O3S/c1-17-8-10-18(11-9-17)22-15-26(29-21-7-5-4-6-20(21)27-22)33-16-25(30)28-23-14-19(31-2)12-13-24(23)32-3/h4-14H,15-16H2,1-3H3,(H,28,30). The molecule has 0 unspecified atom stereocenters. The minimum absolute atomic E-state index is 0.152. The van der Waals surface area contributed by atoms with E-state index in [4.69, 9.17) is 19.5 Å². The van der Waals surface area contributed by atoms with E-state index in [9.17, 15) is 4.79 Å². The second-order valence-electron chi connectivity index (χ2n) is 7.50. The number of aliphatic imine (C=N–C) groups is 2. The van der Waals surface area contributed by atoms with Gasteiger partial charge < -0.3 is 14.8 Å². The van der Waals surface area contributed by atoms with Crippen LogP contribution in [0, 0.1) is 6.92 Å². The van der Waals surface area contributed by atoms with Crippen LogP contribution in [-0.2, 0) is 4.79 Å². The molecule has 1 aliphatic heterocycles. The van der Waals surface area contributed by atoms with Crippen LogP contribution in [0.2, 0.25) is 0 Å². The maximum atomic E-state index is 12.7. The number of nitrogens with zero attached hydrogens (tertiary/aromatic N) is 2. The van der Waals surface area contributed by atoms with E-state index in [1.165, 1.54) is 17.3 Å². The first-order chi connectivity index (χ1) is 16.1. The Kier molecular flexibility index (Phi) is 7.10. The van der Waals surface area contributed by atoms with Crippen LogP contribution in [0.25, 0.3) is 0 Å². The summed E-state index contributed by atoms with van der Waals surface area (Å²) in [6, 6.07) is 21.4. The van der Waals surface area contributed by atoms with Crippen LogP contribution >= 0.6 is 11.8 Å². The largest absolute Gasteiger partial charge is 0.497 e. The van der Waals surface area contributed by atoms with E-state index in [1.807, 2.05) is 24.3 Å². The summed E-state index contributed by atoms with van der Waals surface area (Å²) >= 11 is 1.41. The molecule has 1 amide bonds. The van der Waals surface area contributed by atoms with E-state index in [0.29, 0.717) is 23.6 Å². The molecule has 3 aromatic carbocycles. The zero-order chi connectivity index (χ0) is 23.2. The molecule has 0 saturated carbocycles. The van der Waals surface area contributed by atoms with Crippen molar-refractivity contribution in [1.29, 1.82) is 0 Å². The first-order valence-electron chi connectivity index (χ1n) is 10.5. The molecule has 168 valence electrons. The Morgan fingerprint density at radius 3 is 2.39 bits per heavy atom. The minimum Gasteiger partial charge on any atom is -0.497 e. The number of carbonyl (C=O) groups is 1. The predicted molar refractivity (Wildman–Crippen MR) is 136 cm³/mol. The molecule has 7 heteroatoms. The molecule has 0 fully saturated rings. The Hall–Kier alpha value is -3.58. The van der Waals surface area contributed by atoms with Crippen molar-refractivity contribution in [2.45, 2.75) is 13.3 Å². The molecule has 0 aliphatic carbocycles. The Bertz CT molecular complexity index is 1220. The first-order valence-corrected chi connectivity index (χ1v) is 11.5. The molecule has 0 saturated heterocycles. The SMILES string of the molecule is COc1ccc(OC)c(NC(=O)CSC2=Nc3ccccc3N=C(c3ccc(C)cc3)C2)c1. The zero-order valence-corrected chi connectivity index (χ0v) is 19.6. The topological polar surface area (TPSA) is 72.3 Å². The van der Waals surface area contributed by atoms with E-state index in [-0.39, 0.29) is 11.7 Å². The van der Waals surface area contributed by atoms with Crippen molar-refractivity contribution >= 4 is 45.5 Å². The van der Waals surface area contributed by atoms with Gasteiger partial charge in [-0.3, -0.25) is 9.79 Å². The van der Waals surface area contributed by atoms with Gasteiger partial charge in [0.2, 0.25) is 5.91 Å². The fourth-order valence-corrected chi connectivity index (χ4v) is 4.17. The van der Waals surface area contributed by atoms with Gasteiger partial charge in [0.15, 0.2) is 0 Å². The number of methoxy groups -OCH3 is 2. The molecule has 0 radical (unpaired) electrons. The number of para-hydroxylation sites is 2. The normalized spacial score (nSPS) is 12.7. The summed E-state index contributed by atoms with van der Waals surface area (Å²) in [5.74, 6) is 1.27. The molecule has 0 bridgehead atoms. The van der Waals surface area contributed by atoms with Crippen molar-refractivity contribution in [1.82, 2.24) is 0 Å². The number of carbonyl (C=O) groups excluding carboxylic acids is 1. The molecular weight excluding hydrogens is 434 g/mol. The average molecular weight is 460 g/mol. The van der Waals surface area contributed by atoms with Crippen LogP contribution in [0.1, 0.15) is 17.5 Å². The van der Waals surface area contributed by atoms with Crippen molar-refractivity contribution in [2.24, 2.45) is 9.98 Å². The fraction of sp³-hybridized carbons (Fsp3) is 0.192. The third-order valence-electron chi connectivity index (χ3n) is 5.14. The lowest BCUT2D eigenvalue weighted by Gasteiger charge is -2.12. The number of anilines is 1. The molecule has 4 rings (SSSR count). The predicted octanol–water partition coefficient (Wildman–Crippen LogP) is 5.94. The molecule has 33 heavy (non-hydrogen) atoms. The van der Waals surface area contributed by atoms with Gasteiger partial charge in [-0.1, -0.05) is 42.0 Å². The van der Waals surface area contributed by atoms with Crippen LogP contribution in [0.15, 0.2) is 76.7 Å². The third-order valence-corrected chi connectivity index (χ3v) is 6.11. The van der Waals surface area contributed by atoms with Gasteiger partial charge in [-0.05, 0) is 36.8 Å². The number of aryl methyl sites for hydroxylation is 1. The van der Waals surface area contributed by atoms with E-state index in [2.05, 4.69) is 36.5 Å². The summed E-state index contributed by atoms with van der Waals surface area (Å²) in [5, 5.41) is 3.75. The number of rotatable bonds is 6. The van der Waals surface area contributed by atoms with Crippen LogP contribution in [0.3, 0.4) is 0 Å². The number of amides is 1. The highest BCUT2D eigenvalue weighted by Gasteiger charge is 2.17. The van der Waals surface area contributed by atoms with Crippen molar-refractivity contribution < 1.29 is 14.3 Å². The number of hydrogen-bond acceptors (Lipinski definition) is 6. The number of fused-ring (bicyclic) bond motifs is 1. The van der Waals surface area contributed by atoms with Crippen LogP contribution in [0.4, 0.5) is 17.1 Å². The first kappa shape index (κ1) is 22.6. The van der Waals surface area contributed by atoms with Gasteiger partial charge >= 0.3 is 0 Å². The lowest BCUT2D eigenvalue weighted by Crippen LogP contribution is -2.17. The maximum absolute atomic E-state index is 12.7. The van der Waals surface area contributed by atoms with Gasteiger partial charge in [0, 0.05) is 12.5 Å². The lowest BCUT2D eigenvalue weighted by molar-refractivity contribution is -0.113. The Labute approximate surface area is 197 Å². The van der Waals surface area contributed by atoms with E-state index >= 15 is 0 Å². The van der Waals surface area contributed by atoms with Gasteiger partial charge in [-0.2, -0.15) is 0 Å². The number of hydrogen-bond donors (Lipinski definition) is 1. The van der Waals surface area contributed by atoms with Crippen LogP contribution in [0.5, 0.6) is 11.5 Å². The van der Waals surface area contributed by atoms with Gasteiger partial charge in [0.25, 0.3) is 0 Å². The lowest BCUT2D eigenvalue weighted by atomic mass is 10.1. The molecule has 1 heterocycles. The molecule has 1 aliphatic rings. The average Bonchev–Trinajstić information content (AvgIpc) is 3.02. The summed E-state index contributed by atoms with van der Waals surface area (Å²) in [4.78, 5) is 22.4. The maximum Gasteiger partial charge on any atom is 0.234 e. The highest BCUT2D eigenvalue weighted by molar-refractivity contribution is 8.14. The smallest absolute Gasteiger partial charge is 0.234 e. The summed E-state index contributed by atoms with van der Waals surface area (Å²) in [6.45, 7) is 2.06. The summed E-state index contributed by atoms with van der Waals surface area (Å²) in [6.07, 6.45) is 0.554. The molecule has 1 N–H and O–H groups in total. The van der Waals surface area contributed by atoms with E-state index < -0.39 is 0 Å². The number of benzene rings is 3. The van der Waals surface area contributed by atoms with Gasteiger partial charge in [-0.15, -0.1) is 11.8 Å². The third kappa shape index (κ3) is 5.62. The number of thioether (sulfide) groups is 1. The van der Waals surface area contributed by atoms with Gasteiger partial charge in [0.05, 0.1) is 47.8 Å². The molecule has 0 spiro atoms. The number of ether oxygens (including phenoxy) is 2. The summed E-state index contributed by atoms with van der Waals surface area (Å²) < 4.78 is 10.6. The van der Waals surface area contributed by atoms with Crippen molar-refractivity contribution in [2.75, 3.05) is 25.3 Å². The Morgan fingerprint density at radius 1 is 0.970 bits per heavy atom. The molecule has 3 aromatic rings. The Morgan fingerprint density at radius 2 is 1.70 bits per heavy atom. The molecule has 0 atom stereocenters. The highest BCUT2D eigenvalue weighted by Crippen LogP contribution is 2.34. The van der Waals surface area contributed by atoms with Gasteiger partial charge in [0.1, 0.15) is 11.5 Å². The van der Waals surface area contributed by atoms with Crippen molar-refractivity contribution in [3.05, 3.63) is 77.9 Å². The van der Waals surface area contributed by atoms with Crippen molar-refractivity contribution in [3.8, 4) is 11.5 Å². The monoisotopic (exact) mass is 459 g/mol. The quantitative estimate of drug-likeness (QED) is 0.495.